The second-order valence-electron chi connectivity index (χ2n) is 2.86. The predicted molar refractivity (Wildman–Crippen MR) is 57.5 cm³/mol. The van der Waals surface area contributed by atoms with Gasteiger partial charge in [-0.3, -0.25) is 0 Å². The molecule has 0 rings (SSSR count). The fourth-order valence-electron chi connectivity index (χ4n) is 0.884. The molecule has 0 radical (unpaired) electrons. The molecule has 0 atom stereocenters. The van der Waals surface area contributed by atoms with Gasteiger partial charge in [0.1, 0.15) is 0 Å². The normalized spacial score (nSPS) is 9.13. The molecule has 0 aromatic heterocycles. The second kappa shape index (κ2) is 9.05. The van der Waals surface area contributed by atoms with E-state index in [2.05, 4.69) is 17.2 Å². The van der Waals surface area contributed by atoms with Gasteiger partial charge in [0.15, 0.2) is 0 Å². The molecule has 0 fully saturated rings. The third-order valence-corrected chi connectivity index (χ3v) is 1.60. The van der Waals surface area contributed by atoms with Crippen LogP contribution >= 0.6 is 0 Å². The monoisotopic (exact) mass is 214 g/mol. The summed E-state index contributed by atoms with van der Waals surface area (Å²) < 4.78 is 4.76. The van der Waals surface area contributed by atoms with Crippen LogP contribution in [0.15, 0.2) is 12.7 Å². The molecule has 15 heavy (non-hydrogen) atoms. The van der Waals surface area contributed by atoms with Crippen molar-refractivity contribution >= 4 is 12.0 Å². The number of esters is 1. The lowest BCUT2D eigenvalue weighted by Crippen LogP contribution is -2.35. The Kier molecular flexibility index (Phi) is 8.13. The molecule has 2 N–H and O–H groups in total. The molecule has 5 heteroatoms. The van der Waals surface area contributed by atoms with Crippen molar-refractivity contribution in [2.45, 2.75) is 19.8 Å². The molecule has 2 amide bonds. The molecule has 0 aliphatic rings. The van der Waals surface area contributed by atoms with Gasteiger partial charge in [0.05, 0.1) is 6.61 Å². The van der Waals surface area contributed by atoms with Crippen LogP contribution < -0.4 is 10.6 Å². The van der Waals surface area contributed by atoms with E-state index in [1.54, 1.807) is 0 Å². The van der Waals surface area contributed by atoms with Crippen LogP contribution in [0.4, 0.5) is 4.79 Å². The zero-order valence-electron chi connectivity index (χ0n) is 9.04. The van der Waals surface area contributed by atoms with Gasteiger partial charge in [0, 0.05) is 19.2 Å². The van der Waals surface area contributed by atoms with Crippen molar-refractivity contribution in [1.29, 1.82) is 0 Å². The SMILES string of the molecule is C=CC(=O)OCCCCNC(=O)NCC. The van der Waals surface area contributed by atoms with Gasteiger partial charge < -0.3 is 15.4 Å². The highest BCUT2D eigenvalue weighted by molar-refractivity contribution is 5.81. The van der Waals surface area contributed by atoms with Gasteiger partial charge in [-0.25, -0.2) is 9.59 Å². The lowest BCUT2D eigenvalue weighted by Gasteiger charge is -2.05. The van der Waals surface area contributed by atoms with Gasteiger partial charge in [-0.05, 0) is 19.8 Å². The molecular weight excluding hydrogens is 196 g/mol. The molecule has 0 saturated heterocycles. The maximum atomic E-state index is 10.9. The first-order valence-electron chi connectivity index (χ1n) is 5.01. The second-order valence-corrected chi connectivity index (χ2v) is 2.86. The Morgan fingerprint density at radius 2 is 2.07 bits per heavy atom. The maximum Gasteiger partial charge on any atom is 0.330 e. The molecule has 0 unspecified atom stereocenters. The summed E-state index contributed by atoms with van der Waals surface area (Å²) in [5.74, 6) is -0.410. The summed E-state index contributed by atoms with van der Waals surface area (Å²) in [4.78, 5) is 21.5. The minimum atomic E-state index is -0.410. The fourth-order valence-corrected chi connectivity index (χ4v) is 0.884. The van der Waals surface area contributed by atoms with Crippen molar-refractivity contribution in [1.82, 2.24) is 10.6 Å². The summed E-state index contributed by atoms with van der Waals surface area (Å²) in [6, 6.07) is -0.166. The minimum absolute atomic E-state index is 0.166. The van der Waals surface area contributed by atoms with Crippen LogP contribution in [0.2, 0.25) is 0 Å². The molecule has 0 spiro atoms. The Bertz CT molecular complexity index is 217. The first-order chi connectivity index (χ1) is 7.20. The van der Waals surface area contributed by atoms with E-state index >= 15 is 0 Å². The molecular formula is C10H18N2O3. The van der Waals surface area contributed by atoms with Gasteiger partial charge in [-0.15, -0.1) is 0 Å². The number of unbranched alkanes of at least 4 members (excludes halogenated alkanes) is 1. The molecule has 0 aliphatic carbocycles. The Hall–Kier alpha value is -1.52. The van der Waals surface area contributed by atoms with E-state index in [0.29, 0.717) is 19.7 Å². The number of urea groups is 1. The van der Waals surface area contributed by atoms with Gasteiger partial charge in [-0.2, -0.15) is 0 Å². The zero-order valence-corrected chi connectivity index (χ0v) is 9.04. The summed E-state index contributed by atoms with van der Waals surface area (Å²) in [7, 11) is 0. The highest BCUT2D eigenvalue weighted by Gasteiger charge is 1.97. The highest BCUT2D eigenvalue weighted by Crippen LogP contribution is 1.89. The summed E-state index contributed by atoms with van der Waals surface area (Å²) >= 11 is 0. The highest BCUT2D eigenvalue weighted by atomic mass is 16.5. The van der Waals surface area contributed by atoms with Crippen LogP contribution in [0.3, 0.4) is 0 Å². The lowest BCUT2D eigenvalue weighted by molar-refractivity contribution is -0.137. The third-order valence-electron chi connectivity index (χ3n) is 1.60. The Morgan fingerprint density at radius 1 is 1.33 bits per heavy atom. The quantitative estimate of drug-likeness (QED) is 0.374. The van der Waals surface area contributed by atoms with Crippen LogP contribution in [-0.2, 0) is 9.53 Å². The van der Waals surface area contributed by atoms with E-state index < -0.39 is 5.97 Å². The average molecular weight is 214 g/mol. The maximum absolute atomic E-state index is 10.9. The van der Waals surface area contributed by atoms with Crippen molar-refractivity contribution in [3.05, 3.63) is 12.7 Å². The lowest BCUT2D eigenvalue weighted by atomic mass is 10.3. The number of rotatable bonds is 7. The van der Waals surface area contributed by atoms with Crippen molar-refractivity contribution in [3.8, 4) is 0 Å². The van der Waals surface area contributed by atoms with E-state index in [1.165, 1.54) is 0 Å². The van der Waals surface area contributed by atoms with Gasteiger partial charge in [0.2, 0.25) is 0 Å². The number of nitrogens with one attached hydrogen (secondary N) is 2. The van der Waals surface area contributed by atoms with Crippen LogP contribution in [-0.4, -0.2) is 31.7 Å². The molecule has 5 nitrogen and oxygen atoms in total. The predicted octanol–water partition coefficient (Wildman–Crippen LogP) is 0.815. The van der Waals surface area contributed by atoms with Gasteiger partial charge >= 0.3 is 12.0 Å². The number of carbonyl (C=O) groups is 2. The standard InChI is InChI=1S/C10H18N2O3/c1-3-9(13)15-8-6-5-7-12-10(14)11-4-2/h3H,1,4-8H2,2H3,(H2,11,12,14). The molecule has 0 heterocycles. The van der Waals surface area contributed by atoms with Gasteiger partial charge in [0.25, 0.3) is 0 Å². The summed E-state index contributed by atoms with van der Waals surface area (Å²) in [6.45, 7) is 6.69. The van der Waals surface area contributed by atoms with Crippen molar-refractivity contribution < 1.29 is 14.3 Å². The largest absolute Gasteiger partial charge is 0.463 e. The molecule has 0 bridgehead atoms. The van der Waals surface area contributed by atoms with Crippen LogP contribution in [0, 0.1) is 0 Å². The van der Waals surface area contributed by atoms with Crippen molar-refractivity contribution in [3.63, 3.8) is 0 Å². The Morgan fingerprint density at radius 3 is 2.67 bits per heavy atom. The number of carbonyl (C=O) groups excluding carboxylic acids is 2. The molecule has 0 saturated carbocycles. The minimum Gasteiger partial charge on any atom is -0.463 e. The van der Waals surface area contributed by atoms with E-state index in [0.717, 1.165) is 18.9 Å². The third kappa shape index (κ3) is 8.80. The first kappa shape index (κ1) is 13.5. The molecule has 0 aliphatic heterocycles. The van der Waals surface area contributed by atoms with Crippen LogP contribution in [0.1, 0.15) is 19.8 Å². The number of amides is 2. The molecule has 86 valence electrons. The van der Waals surface area contributed by atoms with E-state index in [9.17, 15) is 9.59 Å². The van der Waals surface area contributed by atoms with Crippen LogP contribution in [0.5, 0.6) is 0 Å². The van der Waals surface area contributed by atoms with Crippen molar-refractivity contribution in [2.24, 2.45) is 0 Å². The van der Waals surface area contributed by atoms with E-state index in [-0.39, 0.29) is 6.03 Å². The Balaban J connectivity index is 3.21. The van der Waals surface area contributed by atoms with Crippen molar-refractivity contribution in [2.75, 3.05) is 19.7 Å². The zero-order chi connectivity index (χ0) is 11.5. The van der Waals surface area contributed by atoms with E-state index in [4.69, 9.17) is 4.74 Å². The van der Waals surface area contributed by atoms with E-state index in [1.807, 2.05) is 6.92 Å². The molecule has 0 aromatic carbocycles. The fraction of sp³-hybridized carbons (Fsp3) is 0.600. The first-order valence-corrected chi connectivity index (χ1v) is 5.01. The molecule has 0 aromatic rings. The number of hydrogen-bond donors (Lipinski definition) is 2. The average Bonchev–Trinajstić information content (AvgIpc) is 2.23. The summed E-state index contributed by atoms with van der Waals surface area (Å²) in [5.41, 5.74) is 0. The Labute approximate surface area is 89.9 Å². The van der Waals surface area contributed by atoms with Gasteiger partial charge in [-0.1, -0.05) is 6.58 Å². The smallest absolute Gasteiger partial charge is 0.330 e. The van der Waals surface area contributed by atoms with Crippen LogP contribution in [0.25, 0.3) is 0 Å². The summed E-state index contributed by atoms with van der Waals surface area (Å²) in [5, 5.41) is 5.29. The summed E-state index contributed by atoms with van der Waals surface area (Å²) in [6.07, 6.45) is 2.64. The number of hydrogen-bond acceptors (Lipinski definition) is 3. The topological polar surface area (TPSA) is 67.4 Å². The number of ether oxygens (including phenoxy) is 1.